The van der Waals surface area contributed by atoms with Crippen molar-refractivity contribution in [3.8, 4) is 12.3 Å². The maximum atomic E-state index is 12.1. The molecule has 0 atom stereocenters. The molecule has 1 aromatic heterocycles. The summed E-state index contributed by atoms with van der Waals surface area (Å²) in [5.74, 6) is 2.32. The fraction of sp³-hybridized carbons (Fsp3) is 0.400. The lowest BCUT2D eigenvalue weighted by atomic mass is 10.5. The number of thiophene rings is 1. The third-order valence-corrected chi connectivity index (χ3v) is 4.98. The highest BCUT2D eigenvalue weighted by Gasteiger charge is 2.23. The van der Waals surface area contributed by atoms with Gasteiger partial charge in [0.2, 0.25) is 10.0 Å². The summed E-state index contributed by atoms with van der Waals surface area (Å²) in [6, 6.07) is 1.61. The molecule has 1 aromatic rings. The minimum atomic E-state index is -3.45. The summed E-state index contributed by atoms with van der Waals surface area (Å²) in [4.78, 5) is 1.14. The Labute approximate surface area is 100 Å². The van der Waals surface area contributed by atoms with Gasteiger partial charge in [-0.25, -0.2) is 8.42 Å². The topological polar surface area (TPSA) is 49.4 Å². The van der Waals surface area contributed by atoms with Gasteiger partial charge in [-0.2, -0.15) is 4.31 Å². The van der Waals surface area contributed by atoms with Crippen LogP contribution in [0.15, 0.2) is 16.3 Å². The zero-order valence-corrected chi connectivity index (χ0v) is 10.9. The van der Waals surface area contributed by atoms with Crippen LogP contribution in [0, 0.1) is 12.3 Å². The summed E-state index contributed by atoms with van der Waals surface area (Å²) in [6.45, 7) is 0.618. The molecule has 0 radical (unpaired) electrons. The minimum absolute atomic E-state index is 0.0805. The van der Waals surface area contributed by atoms with Crippen LogP contribution in [-0.2, 0) is 16.6 Å². The molecule has 0 saturated heterocycles. The predicted octanol–water partition coefficient (Wildman–Crippen LogP) is 0.721. The van der Waals surface area contributed by atoms with Crippen molar-refractivity contribution in [2.45, 2.75) is 11.4 Å². The van der Waals surface area contributed by atoms with E-state index in [-0.39, 0.29) is 6.54 Å². The maximum absolute atomic E-state index is 12.1. The second-order valence-electron chi connectivity index (χ2n) is 3.20. The zero-order chi connectivity index (χ0) is 12.2. The average Bonchev–Trinajstić information content (AvgIpc) is 2.67. The Kier molecular flexibility index (Phi) is 4.50. The second-order valence-corrected chi connectivity index (χ2v) is 6.22. The Balaban J connectivity index is 3.08. The molecule has 0 aliphatic rings. The van der Waals surface area contributed by atoms with Gasteiger partial charge in [0.25, 0.3) is 0 Å². The van der Waals surface area contributed by atoms with Crippen molar-refractivity contribution in [1.29, 1.82) is 0 Å². The van der Waals surface area contributed by atoms with Crippen LogP contribution in [0.3, 0.4) is 0 Å². The lowest BCUT2D eigenvalue weighted by molar-refractivity contribution is 0.502. The fourth-order valence-corrected chi connectivity index (χ4v) is 3.74. The number of nitrogens with one attached hydrogen (secondary N) is 1. The molecule has 88 valence electrons. The average molecular weight is 258 g/mol. The number of rotatable bonds is 5. The van der Waals surface area contributed by atoms with Crippen molar-refractivity contribution in [2.75, 3.05) is 20.6 Å². The van der Waals surface area contributed by atoms with Crippen LogP contribution in [0.25, 0.3) is 0 Å². The minimum Gasteiger partial charge on any atom is -0.315 e. The zero-order valence-electron chi connectivity index (χ0n) is 9.23. The van der Waals surface area contributed by atoms with Crippen LogP contribution < -0.4 is 5.32 Å². The SMILES string of the molecule is C#CCN(C)S(=O)(=O)c1ccsc1CNC. The highest BCUT2D eigenvalue weighted by molar-refractivity contribution is 7.89. The molecule has 0 amide bonds. The summed E-state index contributed by atoms with van der Waals surface area (Å²) in [7, 11) is -0.188. The molecule has 0 aliphatic heterocycles. The van der Waals surface area contributed by atoms with Crippen molar-refractivity contribution in [3.05, 3.63) is 16.3 Å². The van der Waals surface area contributed by atoms with Gasteiger partial charge >= 0.3 is 0 Å². The van der Waals surface area contributed by atoms with Crippen molar-refractivity contribution >= 4 is 21.4 Å². The molecule has 0 saturated carbocycles. The van der Waals surface area contributed by atoms with Crippen LogP contribution in [0.1, 0.15) is 4.88 Å². The molecule has 16 heavy (non-hydrogen) atoms. The number of sulfonamides is 1. The van der Waals surface area contributed by atoms with E-state index in [0.29, 0.717) is 11.4 Å². The molecule has 1 heterocycles. The van der Waals surface area contributed by atoms with E-state index in [9.17, 15) is 8.42 Å². The standard InChI is InChI=1S/C10H14N2O2S2/c1-4-6-12(3)16(13,14)10-5-7-15-9(10)8-11-2/h1,5,7,11H,6,8H2,2-3H3. The van der Waals surface area contributed by atoms with Crippen LogP contribution >= 0.6 is 11.3 Å². The molecule has 0 aliphatic carbocycles. The largest absolute Gasteiger partial charge is 0.315 e. The van der Waals surface area contributed by atoms with Gasteiger partial charge in [0.15, 0.2) is 0 Å². The number of hydrogen-bond acceptors (Lipinski definition) is 4. The monoisotopic (exact) mass is 258 g/mol. The second kappa shape index (κ2) is 5.46. The van der Waals surface area contributed by atoms with Crippen LogP contribution in [0.2, 0.25) is 0 Å². The number of hydrogen-bond donors (Lipinski definition) is 1. The molecule has 0 spiro atoms. The van der Waals surface area contributed by atoms with Gasteiger partial charge in [-0.1, -0.05) is 5.92 Å². The van der Waals surface area contributed by atoms with Crippen molar-refractivity contribution in [2.24, 2.45) is 0 Å². The maximum Gasteiger partial charge on any atom is 0.244 e. The van der Waals surface area contributed by atoms with Crippen molar-refractivity contribution in [3.63, 3.8) is 0 Å². The summed E-state index contributed by atoms with van der Waals surface area (Å²) < 4.78 is 25.4. The Morgan fingerprint density at radius 2 is 2.31 bits per heavy atom. The summed E-state index contributed by atoms with van der Waals surface area (Å²) in [6.07, 6.45) is 5.11. The fourth-order valence-electron chi connectivity index (χ4n) is 1.23. The van der Waals surface area contributed by atoms with Gasteiger partial charge in [-0.3, -0.25) is 0 Å². The molecular weight excluding hydrogens is 244 g/mol. The Bertz CT molecular complexity index is 485. The molecule has 0 fully saturated rings. The quantitative estimate of drug-likeness (QED) is 0.792. The Morgan fingerprint density at radius 1 is 1.62 bits per heavy atom. The third kappa shape index (κ3) is 2.62. The Morgan fingerprint density at radius 3 is 2.88 bits per heavy atom. The summed E-state index contributed by atoms with van der Waals surface area (Å²) in [5.41, 5.74) is 0. The lowest BCUT2D eigenvalue weighted by Crippen LogP contribution is -2.28. The molecule has 0 aromatic carbocycles. The van der Waals surface area contributed by atoms with Gasteiger partial charge in [-0.15, -0.1) is 17.8 Å². The van der Waals surface area contributed by atoms with E-state index in [1.165, 1.54) is 22.7 Å². The van der Waals surface area contributed by atoms with Gasteiger partial charge < -0.3 is 5.32 Å². The molecule has 4 nitrogen and oxygen atoms in total. The predicted molar refractivity (Wildman–Crippen MR) is 65.7 cm³/mol. The highest BCUT2D eigenvalue weighted by Crippen LogP contribution is 2.24. The van der Waals surface area contributed by atoms with Crippen molar-refractivity contribution in [1.82, 2.24) is 9.62 Å². The molecule has 6 heteroatoms. The summed E-state index contributed by atoms with van der Waals surface area (Å²) in [5, 5.41) is 4.71. The lowest BCUT2D eigenvalue weighted by Gasteiger charge is -2.14. The van der Waals surface area contributed by atoms with Gasteiger partial charge in [0.1, 0.15) is 0 Å². The van der Waals surface area contributed by atoms with Crippen LogP contribution in [0.4, 0.5) is 0 Å². The van der Waals surface area contributed by atoms with Gasteiger partial charge in [-0.05, 0) is 18.5 Å². The number of terminal acetylenes is 1. The van der Waals surface area contributed by atoms with E-state index >= 15 is 0 Å². The van der Waals surface area contributed by atoms with E-state index in [1.54, 1.807) is 18.5 Å². The molecular formula is C10H14N2O2S2. The van der Waals surface area contributed by atoms with E-state index in [1.807, 2.05) is 0 Å². The first kappa shape index (κ1) is 13.2. The smallest absolute Gasteiger partial charge is 0.244 e. The van der Waals surface area contributed by atoms with E-state index in [2.05, 4.69) is 11.2 Å². The van der Waals surface area contributed by atoms with Crippen molar-refractivity contribution < 1.29 is 8.42 Å². The highest BCUT2D eigenvalue weighted by atomic mass is 32.2. The molecule has 1 N–H and O–H groups in total. The van der Waals surface area contributed by atoms with Gasteiger partial charge in [0, 0.05) is 18.5 Å². The Hall–Kier alpha value is -0.870. The third-order valence-electron chi connectivity index (χ3n) is 2.04. The van der Waals surface area contributed by atoms with Gasteiger partial charge in [0.05, 0.1) is 11.4 Å². The van der Waals surface area contributed by atoms with E-state index < -0.39 is 10.0 Å². The van der Waals surface area contributed by atoms with Crippen LogP contribution in [-0.4, -0.2) is 33.4 Å². The first-order chi connectivity index (χ1) is 7.54. The van der Waals surface area contributed by atoms with E-state index in [0.717, 1.165) is 4.88 Å². The summed E-state index contributed by atoms with van der Waals surface area (Å²) >= 11 is 1.42. The molecule has 1 rings (SSSR count). The normalized spacial score (nSPS) is 11.6. The molecule has 0 unspecified atom stereocenters. The van der Waals surface area contributed by atoms with Crippen LogP contribution in [0.5, 0.6) is 0 Å². The molecule has 0 bridgehead atoms. The first-order valence-electron chi connectivity index (χ1n) is 4.64. The first-order valence-corrected chi connectivity index (χ1v) is 6.96. The number of nitrogens with zero attached hydrogens (tertiary/aromatic N) is 1. The van der Waals surface area contributed by atoms with E-state index in [4.69, 9.17) is 6.42 Å².